The van der Waals surface area contributed by atoms with E-state index in [1.54, 1.807) is 0 Å². The Hall–Kier alpha value is -0.290. The van der Waals surface area contributed by atoms with Gasteiger partial charge in [0.05, 0.1) is 6.04 Å². The molecule has 2 aromatic rings. The van der Waals surface area contributed by atoms with Gasteiger partial charge in [-0.25, -0.2) is 0 Å². The molecule has 0 fully saturated rings. The molecular formula is C16H20BrNS2. The van der Waals surface area contributed by atoms with Gasteiger partial charge in [-0.2, -0.15) is 0 Å². The van der Waals surface area contributed by atoms with E-state index in [0.717, 1.165) is 18.7 Å². The number of thioether (sulfide) groups is 1. The molecule has 108 valence electrons. The second-order valence-corrected chi connectivity index (χ2v) is 7.66. The van der Waals surface area contributed by atoms with Crippen LogP contribution >= 0.6 is 39.0 Å². The predicted octanol–water partition coefficient (Wildman–Crippen LogP) is 5.65. The standard InChI is InChI=1S/C16H20BrNS2/c1-3-9-18-15(16-14(17)8-10-19-16)11-20-13-6-4-12(2)5-7-13/h4-8,10,15,18H,3,9,11H2,1-2H3. The number of hydrogen-bond donors (Lipinski definition) is 1. The highest BCUT2D eigenvalue weighted by atomic mass is 79.9. The zero-order valence-corrected chi connectivity index (χ0v) is 15.1. The van der Waals surface area contributed by atoms with E-state index in [2.05, 4.69) is 70.8 Å². The monoisotopic (exact) mass is 369 g/mol. The first kappa shape index (κ1) is 16.1. The van der Waals surface area contributed by atoms with Crippen molar-refractivity contribution >= 4 is 39.0 Å². The summed E-state index contributed by atoms with van der Waals surface area (Å²) in [5, 5.41) is 5.80. The largest absolute Gasteiger partial charge is 0.309 e. The summed E-state index contributed by atoms with van der Waals surface area (Å²) < 4.78 is 1.22. The van der Waals surface area contributed by atoms with Crippen LogP contribution < -0.4 is 5.32 Å². The first-order valence-electron chi connectivity index (χ1n) is 6.86. The Morgan fingerprint density at radius 2 is 2.00 bits per heavy atom. The van der Waals surface area contributed by atoms with Crippen molar-refractivity contribution in [3.05, 3.63) is 50.6 Å². The normalized spacial score (nSPS) is 12.6. The third kappa shape index (κ3) is 4.62. The second kappa shape index (κ2) is 8.23. The highest BCUT2D eigenvalue weighted by Gasteiger charge is 2.15. The first-order chi connectivity index (χ1) is 9.70. The van der Waals surface area contributed by atoms with Crippen LogP contribution in [0.15, 0.2) is 45.1 Å². The van der Waals surface area contributed by atoms with Crippen LogP contribution in [0.5, 0.6) is 0 Å². The molecule has 0 bridgehead atoms. The average molecular weight is 370 g/mol. The molecule has 1 N–H and O–H groups in total. The van der Waals surface area contributed by atoms with Crippen molar-refractivity contribution in [2.75, 3.05) is 12.3 Å². The Labute approximate surface area is 138 Å². The zero-order valence-electron chi connectivity index (χ0n) is 11.9. The van der Waals surface area contributed by atoms with Crippen molar-refractivity contribution in [3.8, 4) is 0 Å². The summed E-state index contributed by atoms with van der Waals surface area (Å²) in [5.41, 5.74) is 1.32. The highest BCUT2D eigenvalue weighted by molar-refractivity contribution is 9.10. The van der Waals surface area contributed by atoms with E-state index in [0.29, 0.717) is 6.04 Å². The summed E-state index contributed by atoms with van der Waals surface area (Å²) in [7, 11) is 0. The fraction of sp³-hybridized carbons (Fsp3) is 0.375. The van der Waals surface area contributed by atoms with Crippen LogP contribution in [0.25, 0.3) is 0 Å². The summed E-state index contributed by atoms with van der Waals surface area (Å²) >= 11 is 7.40. The molecular weight excluding hydrogens is 350 g/mol. The number of nitrogens with one attached hydrogen (secondary N) is 1. The Morgan fingerprint density at radius 1 is 1.25 bits per heavy atom. The van der Waals surface area contributed by atoms with Gasteiger partial charge in [-0.05, 0) is 59.4 Å². The van der Waals surface area contributed by atoms with Gasteiger partial charge < -0.3 is 5.32 Å². The van der Waals surface area contributed by atoms with Gasteiger partial charge in [0.1, 0.15) is 0 Å². The molecule has 0 aliphatic carbocycles. The van der Waals surface area contributed by atoms with Crippen LogP contribution in [0.3, 0.4) is 0 Å². The molecule has 0 spiro atoms. The maximum Gasteiger partial charge on any atom is 0.0521 e. The molecule has 1 unspecified atom stereocenters. The summed E-state index contributed by atoms with van der Waals surface area (Å²) in [5.74, 6) is 1.06. The maximum atomic E-state index is 3.66. The van der Waals surface area contributed by atoms with Crippen molar-refractivity contribution in [1.82, 2.24) is 5.32 Å². The third-order valence-corrected chi connectivity index (χ3v) is 6.13. The molecule has 1 atom stereocenters. The molecule has 0 aliphatic rings. The quantitative estimate of drug-likeness (QED) is 0.632. The molecule has 0 radical (unpaired) electrons. The smallest absolute Gasteiger partial charge is 0.0521 e. The van der Waals surface area contributed by atoms with Gasteiger partial charge in [-0.15, -0.1) is 23.1 Å². The molecule has 0 amide bonds. The van der Waals surface area contributed by atoms with Crippen LogP contribution in [0.2, 0.25) is 0 Å². The van der Waals surface area contributed by atoms with Crippen molar-refractivity contribution in [2.45, 2.75) is 31.2 Å². The minimum Gasteiger partial charge on any atom is -0.309 e. The number of benzene rings is 1. The van der Waals surface area contributed by atoms with Gasteiger partial charge in [0, 0.05) is 20.0 Å². The maximum absolute atomic E-state index is 3.66. The van der Waals surface area contributed by atoms with Crippen LogP contribution in [0, 0.1) is 6.92 Å². The number of aryl methyl sites for hydroxylation is 1. The van der Waals surface area contributed by atoms with Crippen molar-refractivity contribution in [3.63, 3.8) is 0 Å². The molecule has 1 aromatic carbocycles. The minimum absolute atomic E-state index is 0.413. The fourth-order valence-corrected chi connectivity index (χ4v) is 4.72. The van der Waals surface area contributed by atoms with Crippen molar-refractivity contribution in [1.29, 1.82) is 0 Å². The summed E-state index contributed by atoms with van der Waals surface area (Å²) in [6.07, 6.45) is 1.16. The molecule has 2 rings (SSSR count). The minimum atomic E-state index is 0.413. The number of rotatable bonds is 7. The lowest BCUT2D eigenvalue weighted by atomic mass is 10.2. The lowest BCUT2D eigenvalue weighted by Crippen LogP contribution is -2.23. The van der Waals surface area contributed by atoms with Crippen LogP contribution in [0.1, 0.15) is 29.8 Å². The van der Waals surface area contributed by atoms with Gasteiger partial charge in [0.15, 0.2) is 0 Å². The van der Waals surface area contributed by atoms with Crippen LogP contribution in [-0.4, -0.2) is 12.3 Å². The Morgan fingerprint density at radius 3 is 2.60 bits per heavy atom. The lowest BCUT2D eigenvalue weighted by molar-refractivity contribution is 0.583. The van der Waals surface area contributed by atoms with Gasteiger partial charge >= 0.3 is 0 Å². The number of hydrogen-bond acceptors (Lipinski definition) is 3. The van der Waals surface area contributed by atoms with E-state index in [1.165, 1.54) is 19.8 Å². The zero-order chi connectivity index (χ0) is 14.4. The Balaban J connectivity index is 2.01. The predicted molar refractivity (Wildman–Crippen MR) is 95.0 cm³/mol. The van der Waals surface area contributed by atoms with E-state index in [9.17, 15) is 0 Å². The van der Waals surface area contributed by atoms with Crippen molar-refractivity contribution < 1.29 is 0 Å². The number of thiophene rings is 1. The second-order valence-electron chi connectivity index (χ2n) is 4.76. The molecule has 0 saturated heterocycles. The SMILES string of the molecule is CCCNC(CSc1ccc(C)cc1)c1sccc1Br. The molecule has 1 aromatic heterocycles. The summed E-state index contributed by atoms with van der Waals surface area (Å²) in [6, 6.07) is 11.3. The molecule has 1 nitrogen and oxygen atoms in total. The third-order valence-electron chi connectivity index (χ3n) is 3.04. The van der Waals surface area contributed by atoms with Gasteiger partial charge in [0.25, 0.3) is 0 Å². The molecule has 1 heterocycles. The Kier molecular flexibility index (Phi) is 6.62. The molecule has 0 saturated carbocycles. The fourth-order valence-electron chi connectivity index (χ4n) is 1.91. The van der Waals surface area contributed by atoms with Crippen LogP contribution in [-0.2, 0) is 0 Å². The van der Waals surface area contributed by atoms with E-state index in [-0.39, 0.29) is 0 Å². The molecule has 4 heteroatoms. The lowest BCUT2D eigenvalue weighted by Gasteiger charge is -2.17. The van der Waals surface area contributed by atoms with Gasteiger partial charge in [-0.1, -0.05) is 24.6 Å². The molecule has 0 aliphatic heterocycles. The van der Waals surface area contributed by atoms with E-state index >= 15 is 0 Å². The van der Waals surface area contributed by atoms with Gasteiger partial charge in [0.2, 0.25) is 0 Å². The topological polar surface area (TPSA) is 12.0 Å². The first-order valence-corrected chi connectivity index (χ1v) is 9.52. The van der Waals surface area contributed by atoms with Gasteiger partial charge in [-0.3, -0.25) is 0 Å². The van der Waals surface area contributed by atoms with E-state index < -0.39 is 0 Å². The average Bonchev–Trinajstić information content (AvgIpc) is 2.87. The van der Waals surface area contributed by atoms with E-state index in [4.69, 9.17) is 0 Å². The van der Waals surface area contributed by atoms with Crippen molar-refractivity contribution in [2.24, 2.45) is 0 Å². The number of halogens is 1. The van der Waals surface area contributed by atoms with Crippen LogP contribution in [0.4, 0.5) is 0 Å². The molecule has 20 heavy (non-hydrogen) atoms. The summed E-state index contributed by atoms with van der Waals surface area (Å²) in [6.45, 7) is 5.40. The highest BCUT2D eigenvalue weighted by Crippen LogP contribution is 2.33. The Bertz CT molecular complexity index is 522. The summed E-state index contributed by atoms with van der Waals surface area (Å²) in [4.78, 5) is 2.74. The van der Waals surface area contributed by atoms with E-state index in [1.807, 2.05) is 23.1 Å².